The number of halogens is 1. The largest absolute Gasteiger partial charge is 0.493 e. The first kappa shape index (κ1) is 26.6. The van der Waals surface area contributed by atoms with E-state index in [9.17, 15) is 24.5 Å². The van der Waals surface area contributed by atoms with Crippen molar-refractivity contribution in [2.45, 2.75) is 20.5 Å². The highest BCUT2D eigenvalue weighted by Crippen LogP contribution is 2.38. The second-order valence-electron chi connectivity index (χ2n) is 8.49. The topological polar surface area (TPSA) is 128 Å². The van der Waals surface area contributed by atoms with E-state index in [1.807, 2.05) is 13.0 Å². The van der Waals surface area contributed by atoms with Crippen LogP contribution in [-0.2, 0) is 16.2 Å². The van der Waals surface area contributed by atoms with Gasteiger partial charge >= 0.3 is 6.03 Å². The molecule has 194 valence electrons. The van der Waals surface area contributed by atoms with Crippen molar-refractivity contribution in [3.8, 4) is 11.5 Å². The van der Waals surface area contributed by atoms with Crippen LogP contribution in [0.5, 0.6) is 11.5 Å². The number of hydrogen-bond donors (Lipinski definition) is 1. The monoisotopic (exact) mass is 579 g/mol. The van der Waals surface area contributed by atoms with Gasteiger partial charge in [0.1, 0.15) is 12.2 Å². The van der Waals surface area contributed by atoms with Gasteiger partial charge in [-0.2, -0.15) is 0 Å². The van der Waals surface area contributed by atoms with E-state index >= 15 is 0 Å². The maximum Gasteiger partial charge on any atom is 0.335 e. The van der Waals surface area contributed by atoms with Crippen molar-refractivity contribution in [3.63, 3.8) is 0 Å². The summed E-state index contributed by atoms with van der Waals surface area (Å²) in [5.74, 6) is -0.880. The van der Waals surface area contributed by atoms with Gasteiger partial charge in [0.25, 0.3) is 17.5 Å². The average Bonchev–Trinajstić information content (AvgIpc) is 2.87. The van der Waals surface area contributed by atoms with Crippen LogP contribution in [0.15, 0.2) is 64.6 Å². The van der Waals surface area contributed by atoms with Gasteiger partial charge in [-0.15, -0.1) is 0 Å². The summed E-state index contributed by atoms with van der Waals surface area (Å²) in [7, 11) is 1.44. The Labute approximate surface area is 226 Å². The second-order valence-corrected chi connectivity index (χ2v) is 9.35. The Bertz CT molecular complexity index is 1500. The molecule has 1 N–H and O–H groups in total. The number of carbonyl (C=O) groups is 3. The van der Waals surface area contributed by atoms with Crippen molar-refractivity contribution < 1.29 is 28.8 Å². The molecule has 1 saturated heterocycles. The van der Waals surface area contributed by atoms with E-state index < -0.39 is 22.8 Å². The molecule has 1 aliphatic heterocycles. The fourth-order valence-corrected chi connectivity index (χ4v) is 4.41. The molecule has 38 heavy (non-hydrogen) atoms. The van der Waals surface area contributed by atoms with Crippen molar-refractivity contribution in [1.82, 2.24) is 5.32 Å². The van der Waals surface area contributed by atoms with Crippen molar-refractivity contribution in [2.75, 3.05) is 12.0 Å². The first-order valence-electron chi connectivity index (χ1n) is 11.3. The number of nitrogens with one attached hydrogen (secondary N) is 1. The number of benzene rings is 3. The Kier molecular flexibility index (Phi) is 7.58. The van der Waals surface area contributed by atoms with Gasteiger partial charge in [-0.3, -0.25) is 25.0 Å². The highest BCUT2D eigenvalue weighted by molar-refractivity contribution is 9.10. The molecule has 3 aromatic rings. The van der Waals surface area contributed by atoms with Gasteiger partial charge in [-0.1, -0.05) is 12.1 Å². The Hall–Kier alpha value is -4.51. The molecule has 10 nitrogen and oxygen atoms in total. The van der Waals surface area contributed by atoms with Crippen LogP contribution in [0.1, 0.15) is 22.3 Å². The maximum absolute atomic E-state index is 13.3. The molecule has 0 radical (unpaired) electrons. The summed E-state index contributed by atoms with van der Waals surface area (Å²) in [5.41, 5.74) is 2.85. The molecule has 11 heteroatoms. The van der Waals surface area contributed by atoms with E-state index in [0.717, 1.165) is 10.5 Å². The molecular weight excluding hydrogens is 558 g/mol. The number of carbonyl (C=O) groups excluding carboxylic acids is 3. The van der Waals surface area contributed by atoms with Gasteiger partial charge in [0, 0.05) is 12.1 Å². The summed E-state index contributed by atoms with van der Waals surface area (Å²) in [6.45, 7) is 3.72. The number of rotatable bonds is 7. The molecule has 1 fully saturated rings. The van der Waals surface area contributed by atoms with E-state index in [2.05, 4.69) is 21.2 Å². The van der Waals surface area contributed by atoms with Gasteiger partial charge in [0.2, 0.25) is 0 Å². The Balaban J connectivity index is 1.63. The quantitative estimate of drug-likeness (QED) is 0.176. The van der Waals surface area contributed by atoms with E-state index in [0.29, 0.717) is 38.3 Å². The van der Waals surface area contributed by atoms with Gasteiger partial charge in [-0.05, 0) is 88.4 Å². The smallest absolute Gasteiger partial charge is 0.335 e. The number of anilines is 1. The summed E-state index contributed by atoms with van der Waals surface area (Å²) < 4.78 is 11.8. The van der Waals surface area contributed by atoms with E-state index in [1.165, 1.54) is 25.3 Å². The number of methoxy groups -OCH3 is 1. The molecule has 0 unspecified atom stereocenters. The summed E-state index contributed by atoms with van der Waals surface area (Å²) in [5, 5.41) is 13.1. The van der Waals surface area contributed by atoms with Crippen molar-refractivity contribution in [3.05, 3.63) is 97.0 Å². The number of hydrogen-bond acceptors (Lipinski definition) is 7. The van der Waals surface area contributed by atoms with Crippen LogP contribution in [-0.4, -0.2) is 29.9 Å². The van der Waals surface area contributed by atoms with Crippen LogP contribution in [0.3, 0.4) is 0 Å². The first-order valence-corrected chi connectivity index (χ1v) is 12.1. The zero-order chi connectivity index (χ0) is 27.6. The third-order valence-electron chi connectivity index (χ3n) is 5.80. The number of urea groups is 1. The van der Waals surface area contributed by atoms with E-state index in [1.54, 1.807) is 43.3 Å². The van der Waals surface area contributed by atoms with Crippen molar-refractivity contribution in [1.29, 1.82) is 0 Å². The first-order chi connectivity index (χ1) is 18.1. The number of barbiturate groups is 1. The highest BCUT2D eigenvalue weighted by atomic mass is 79.9. The van der Waals surface area contributed by atoms with Crippen LogP contribution >= 0.6 is 15.9 Å². The summed E-state index contributed by atoms with van der Waals surface area (Å²) in [4.78, 5) is 49.8. The molecular formula is C27H22BrN3O7. The molecule has 1 heterocycles. The molecule has 0 spiro atoms. The lowest BCUT2D eigenvalue weighted by molar-refractivity contribution is -0.384. The van der Waals surface area contributed by atoms with Gasteiger partial charge in [0.15, 0.2) is 11.5 Å². The van der Waals surface area contributed by atoms with E-state index in [-0.39, 0.29) is 17.9 Å². The molecule has 0 aliphatic carbocycles. The highest BCUT2D eigenvalue weighted by Gasteiger charge is 2.37. The summed E-state index contributed by atoms with van der Waals surface area (Å²) in [6, 6.07) is 13.7. The molecule has 3 aromatic carbocycles. The predicted molar refractivity (Wildman–Crippen MR) is 143 cm³/mol. The fraction of sp³-hybridized carbons (Fsp3) is 0.148. The Morgan fingerprint density at radius 2 is 1.76 bits per heavy atom. The average molecular weight is 580 g/mol. The number of nitro groups is 1. The third kappa shape index (κ3) is 5.42. The molecule has 4 amide bonds. The minimum absolute atomic E-state index is 0.0241. The summed E-state index contributed by atoms with van der Waals surface area (Å²) in [6.07, 6.45) is 1.37. The lowest BCUT2D eigenvalue weighted by atomic mass is 10.0. The number of nitro benzene ring substituents is 1. The van der Waals surface area contributed by atoms with Gasteiger partial charge < -0.3 is 9.47 Å². The molecule has 0 saturated carbocycles. The maximum atomic E-state index is 13.3. The lowest BCUT2D eigenvalue weighted by Gasteiger charge is -2.27. The number of amides is 4. The molecule has 4 rings (SSSR count). The second kappa shape index (κ2) is 10.9. The SMILES string of the molecule is COc1cc(/C=C2\C(=O)NC(=O)N(c3cc(C)ccc3C)C2=O)cc(Br)c1OCc1ccc([N+](=O)[O-])cc1. The number of non-ortho nitro benzene ring substituents is 1. The van der Waals surface area contributed by atoms with Gasteiger partial charge in [0.05, 0.1) is 22.2 Å². The van der Waals surface area contributed by atoms with Crippen molar-refractivity contribution in [2.24, 2.45) is 0 Å². The molecule has 0 aromatic heterocycles. The zero-order valence-corrected chi connectivity index (χ0v) is 22.2. The van der Waals surface area contributed by atoms with E-state index in [4.69, 9.17) is 9.47 Å². The Morgan fingerprint density at radius 3 is 2.42 bits per heavy atom. The molecule has 1 aliphatic rings. The predicted octanol–water partition coefficient (Wildman–Crippen LogP) is 5.23. The minimum atomic E-state index is -0.820. The van der Waals surface area contributed by atoms with Crippen molar-refractivity contribution >= 4 is 51.2 Å². The fourth-order valence-electron chi connectivity index (χ4n) is 3.84. The number of ether oxygens (including phenoxy) is 2. The number of aryl methyl sites for hydroxylation is 2. The molecule has 0 atom stereocenters. The Morgan fingerprint density at radius 1 is 1.05 bits per heavy atom. The zero-order valence-electron chi connectivity index (χ0n) is 20.6. The lowest BCUT2D eigenvalue weighted by Crippen LogP contribution is -2.54. The number of nitrogens with zero attached hydrogens (tertiary/aromatic N) is 2. The van der Waals surface area contributed by atoms with Crippen LogP contribution in [0.25, 0.3) is 6.08 Å². The van der Waals surface area contributed by atoms with Crippen LogP contribution in [0.2, 0.25) is 0 Å². The van der Waals surface area contributed by atoms with Gasteiger partial charge in [-0.25, -0.2) is 9.69 Å². The van der Waals surface area contributed by atoms with Crippen LogP contribution < -0.4 is 19.7 Å². The van der Waals surface area contributed by atoms with Crippen LogP contribution in [0.4, 0.5) is 16.2 Å². The molecule has 0 bridgehead atoms. The third-order valence-corrected chi connectivity index (χ3v) is 6.39. The standard InChI is InChI=1S/C27H22BrN3O7/c1-15-4-5-16(2)22(10-15)30-26(33)20(25(32)29-27(30)34)11-18-12-21(28)24(23(13-18)37-3)38-14-17-6-8-19(9-7-17)31(35)36/h4-13H,14H2,1-3H3,(H,29,32,34)/b20-11+. The minimum Gasteiger partial charge on any atom is -0.493 e. The van der Waals surface area contributed by atoms with Crippen LogP contribution in [0, 0.1) is 24.0 Å². The summed E-state index contributed by atoms with van der Waals surface area (Å²) >= 11 is 3.44. The number of imide groups is 2. The normalized spacial score (nSPS) is 14.5.